The van der Waals surface area contributed by atoms with E-state index >= 15 is 0 Å². The van der Waals surface area contributed by atoms with Crippen molar-refractivity contribution >= 4 is 82.7 Å². The van der Waals surface area contributed by atoms with Gasteiger partial charge >= 0.3 is 41.0 Å². The van der Waals surface area contributed by atoms with Crippen LogP contribution in [0.25, 0.3) is 41.7 Å². The standard InChI is InChI=1S/C36H32N4O7.Mg/c1-8-18-15(3)21-12-22-16(4)20(10-11-27(41)42)32(39-22)30-31(36(45)47-7)34(43)28-17(5)23(40-33(28)30)13-25-19(9-2)29(35(44)46-6)26(38-25)14-24(18)37-21;/h8-12,14,31H,1-2,13H2,3-7H3,(H4-2,37,38,39,40,41,42,43,44);/q-2;+2/p-2/b11-10+;/t31-;/m1./s1. The average molecular weight is 655 g/mol. The van der Waals surface area contributed by atoms with Gasteiger partial charge in [0.1, 0.15) is 11.7 Å². The Bertz CT molecular complexity index is 2360. The van der Waals surface area contributed by atoms with Crippen molar-refractivity contribution in [3.05, 3.63) is 108 Å². The summed E-state index contributed by atoms with van der Waals surface area (Å²) in [5, 5.41) is 22.8. The maximum Gasteiger partial charge on any atom is 2.00 e. The van der Waals surface area contributed by atoms with Gasteiger partial charge in [0.05, 0.1) is 19.8 Å². The largest absolute Gasteiger partial charge is 2.00 e. The Hall–Kier alpha value is -5.20. The molecule has 5 heterocycles. The van der Waals surface area contributed by atoms with Crippen LogP contribution in [0.2, 0.25) is 0 Å². The number of hydrogen-bond acceptors (Lipinski definition) is 6. The summed E-state index contributed by atoms with van der Waals surface area (Å²) in [4.78, 5) is 57.5. The number of nitrogens with zero attached hydrogens (tertiary/aromatic N) is 4. The number of carboxylic acid groups (broad SMARTS) is 1. The van der Waals surface area contributed by atoms with Crippen molar-refractivity contribution in [2.45, 2.75) is 27.2 Å². The summed E-state index contributed by atoms with van der Waals surface area (Å²) in [7, 11) is 2.51. The molecule has 2 aliphatic rings. The Kier molecular flexibility index (Phi) is 9.09. The molecule has 0 saturated heterocycles. The minimum absolute atomic E-state index is 0. The molecule has 0 unspecified atom stereocenters. The fraction of sp³-hybridized carbons (Fsp3) is 0.194. The third kappa shape index (κ3) is 5.17. The number of aromatic nitrogens is 4. The van der Waals surface area contributed by atoms with E-state index in [0.29, 0.717) is 66.3 Å². The number of aliphatic carboxylic acids is 1. The van der Waals surface area contributed by atoms with Gasteiger partial charge in [-0.1, -0.05) is 59.7 Å². The van der Waals surface area contributed by atoms with Crippen LogP contribution < -0.4 is 41.2 Å². The summed E-state index contributed by atoms with van der Waals surface area (Å²) in [6.07, 6.45) is 9.21. The van der Waals surface area contributed by atoms with Crippen molar-refractivity contribution in [1.29, 1.82) is 0 Å². The zero-order valence-corrected chi connectivity index (χ0v) is 28.5. The Morgan fingerprint density at radius 3 is 2.17 bits per heavy atom. The van der Waals surface area contributed by atoms with Gasteiger partial charge in [-0.25, -0.2) is 9.59 Å². The van der Waals surface area contributed by atoms with Crippen LogP contribution >= 0.6 is 0 Å². The van der Waals surface area contributed by atoms with Crippen molar-refractivity contribution in [1.82, 2.24) is 19.9 Å². The fourth-order valence-corrected chi connectivity index (χ4v) is 6.42. The molecule has 0 radical (unpaired) electrons. The molecule has 1 aliphatic heterocycles. The Labute approximate surface area is 290 Å². The summed E-state index contributed by atoms with van der Waals surface area (Å²) in [6, 6.07) is 0. The Balaban J connectivity index is 0.00000451. The van der Waals surface area contributed by atoms with Crippen LogP contribution in [-0.4, -0.2) is 65.4 Å². The molecule has 0 amide bonds. The van der Waals surface area contributed by atoms with Gasteiger partial charge in [-0.2, -0.15) is 5.69 Å². The molecule has 12 heteroatoms. The van der Waals surface area contributed by atoms with Gasteiger partial charge < -0.3 is 39.6 Å². The van der Waals surface area contributed by atoms with Crippen molar-refractivity contribution in [3.63, 3.8) is 0 Å². The molecule has 240 valence electrons. The maximum atomic E-state index is 13.2. The molecule has 1 aliphatic carbocycles. The van der Waals surface area contributed by atoms with Crippen LogP contribution in [0.15, 0.2) is 19.2 Å². The predicted octanol–water partition coefficient (Wildman–Crippen LogP) is 0.460. The van der Waals surface area contributed by atoms with Crippen molar-refractivity contribution in [2.24, 2.45) is 5.92 Å². The molecule has 6 rings (SSSR count). The topological polar surface area (TPSA) is 167 Å². The zero-order valence-electron chi connectivity index (χ0n) is 27.1. The monoisotopic (exact) mass is 654 g/mol. The van der Waals surface area contributed by atoms with E-state index < -0.39 is 23.8 Å². The molecule has 8 bridgehead atoms. The molecule has 0 saturated carbocycles. The van der Waals surface area contributed by atoms with Crippen LogP contribution in [0.4, 0.5) is 0 Å². The molecule has 4 aromatic heterocycles. The second kappa shape index (κ2) is 12.8. The van der Waals surface area contributed by atoms with Gasteiger partial charge in [0.2, 0.25) is 0 Å². The van der Waals surface area contributed by atoms with Crippen molar-refractivity contribution < 1.29 is 34.1 Å². The number of carboxylic acids is 1. The van der Waals surface area contributed by atoms with E-state index in [-0.39, 0.29) is 52.1 Å². The molecule has 4 aromatic rings. The number of fused-ring (bicyclic) bond motifs is 8. The number of ether oxygens (including phenoxy) is 2. The van der Waals surface area contributed by atoms with E-state index in [1.54, 1.807) is 32.1 Å². The van der Waals surface area contributed by atoms with E-state index in [1.807, 2.05) is 6.92 Å². The minimum Gasteiger partial charge on any atom is -0.660 e. The van der Waals surface area contributed by atoms with E-state index in [1.165, 1.54) is 26.4 Å². The number of aliphatic hydroxyl groups excluding tert-OH is 1. The Morgan fingerprint density at radius 1 is 0.854 bits per heavy atom. The smallest absolute Gasteiger partial charge is 0.660 e. The molecule has 11 nitrogen and oxygen atoms in total. The van der Waals surface area contributed by atoms with Crippen molar-refractivity contribution in [2.75, 3.05) is 14.2 Å². The Morgan fingerprint density at radius 2 is 1.54 bits per heavy atom. The molecule has 1 atom stereocenters. The molecule has 48 heavy (non-hydrogen) atoms. The molecular formula is C36H30MgN4O7-2. The molecule has 2 N–H and O–H groups in total. The first kappa shape index (κ1) is 34.1. The zero-order chi connectivity index (χ0) is 33.9. The van der Waals surface area contributed by atoms with Crippen LogP contribution in [0.5, 0.6) is 0 Å². The average Bonchev–Trinajstić information content (AvgIpc) is 3.79. The van der Waals surface area contributed by atoms with E-state index in [9.17, 15) is 24.6 Å². The SMILES string of the molecule is C=Cc1c2[n-]c(c1C(=O)OC)/C=c1\[n-]/c(c(C)c1C=C)=C\c1[n-]c(c(/C=C/C(=O)O)c1C)C1=c3[n-]c(c(C)c3=C(O)[C@@H]1C(=O)OC)C2.[Mg+2]. The number of hydrogen-bond donors (Lipinski definition) is 2. The third-order valence-corrected chi connectivity index (χ3v) is 8.80. The molecular weight excluding hydrogens is 625 g/mol. The first-order valence-corrected chi connectivity index (χ1v) is 14.6. The summed E-state index contributed by atoms with van der Waals surface area (Å²) in [5.41, 5.74) is 6.21. The van der Waals surface area contributed by atoms with Crippen LogP contribution in [0, 0.1) is 26.7 Å². The van der Waals surface area contributed by atoms with E-state index in [2.05, 4.69) is 13.2 Å². The molecule has 0 spiro atoms. The summed E-state index contributed by atoms with van der Waals surface area (Å²) < 4.78 is 10.2. The van der Waals surface area contributed by atoms with Crippen LogP contribution in [0.1, 0.15) is 72.2 Å². The van der Waals surface area contributed by atoms with Crippen LogP contribution in [-0.2, 0) is 25.5 Å². The number of methoxy groups -OCH3 is 2. The quantitative estimate of drug-likeness (QED) is 0.168. The van der Waals surface area contributed by atoms with E-state index in [4.69, 9.17) is 29.4 Å². The number of carbonyl (C=O) groups excluding carboxylic acids is 2. The van der Waals surface area contributed by atoms with Gasteiger partial charge in [-0.05, 0) is 50.0 Å². The van der Waals surface area contributed by atoms with Gasteiger partial charge in [-0.15, -0.1) is 38.8 Å². The second-order valence-electron chi connectivity index (χ2n) is 11.2. The number of carbonyl (C=O) groups is 3. The summed E-state index contributed by atoms with van der Waals surface area (Å²) >= 11 is 0. The minimum atomic E-state index is -1.26. The maximum absolute atomic E-state index is 13.2. The van der Waals surface area contributed by atoms with Crippen molar-refractivity contribution in [3.8, 4) is 0 Å². The van der Waals surface area contributed by atoms with Gasteiger partial charge in [-0.3, -0.25) is 4.79 Å². The second-order valence-corrected chi connectivity index (χ2v) is 11.2. The summed E-state index contributed by atoms with van der Waals surface area (Å²) in [5.74, 6) is -4.00. The van der Waals surface area contributed by atoms with E-state index in [0.717, 1.165) is 17.2 Å². The number of rotatable bonds is 6. The number of aliphatic hydroxyl groups is 1. The van der Waals surface area contributed by atoms with Gasteiger partial charge in [0.15, 0.2) is 0 Å². The first-order chi connectivity index (χ1) is 22.4. The molecule has 0 aromatic carbocycles. The normalized spacial score (nSPS) is 16.1. The third-order valence-electron chi connectivity index (χ3n) is 8.80. The first-order valence-electron chi connectivity index (χ1n) is 14.6. The van der Waals surface area contributed by atoms with Gasteiger partial charge in [0, 0.05) is 11.3 Å². The van der Waals surface area contributed by atoms with Gasteiger partial charge in [0.25, 0.3) is 0 Å². The predicted molar refractivity (Wildman–Crippen MR) is 180 cm³/mol. The summed E-state index contributed by atoms with van der Waals surface area (Å²) in [6.45, 7) is 13.3. The fourth-order valence-electron chi connectivity index (χ4n) is 6.42. The van der Waals surface area contributed by atoms with Crippen LogP contribution in [0.3, 0.4) is 0 Å². The number of esters is 2. The molecule has 0 fully saturated rings.